The highest BCUT2D eigenvalue weighted by Crippen LogP contribution is 2.30. The van der Waals surface area contributed by atoms with Crippen molar-refractivity contribution >= 4 is 34.6 Å². The predicted molar refractivity (Wildman–Crippen MR) is 130 cm³/mol. The molecule has 0 bridgehead atoms. The van der Waals surface area contributed by atoms with E-state index in [9.17, 15) is 19.1 Å². The number of hydrogen-bond donors (Lipinski definition) is 5. The molecule has 0 spiro atoms. The number of hydrogen-bond acceptors (Lipinski definition) is 6. The average Bonchev–Trinajstić information content (AvgIpc) is 3.53. The molecule has 0 radical (unpaired) electrons. The summed E-state index contributed by atoms with van der Waals surface area (Å²) >= 11 is 0. The third kappa shape index (κ3) is 4.95. The Morgan fingerprint density at radius 2 is 1.89 bits per heavy atom. The molecule has 12 heteroatoms. The number of aliphatic hydroxyl groups is 1. The number of pyridine rings is 1. The molecule has 1 aromatic carbocycles. The van der Waals surface area contributed by atoms with E-state index in [1.54, 1.807) is 24.8 Å². The minimum atomic E-state index is -1.32. The number of ether oxygens (including phenoxy) is 1. The first kappa shape index (κ1) is 23.9. The molecule has 5 N–H and O–H groups in total. The van der Waals surface area contributed by atoms with E-state index >= 15 is 0 Å². The summed E-state index contributed by atoms with van der Waals surface area (Å²) in [6, 6.07) is 5.51. The molecule has 4 heterocycles. The molecular formula is C24H28FN7O4. The largest absolute Gasteiger partial charge is 0.388 e. The van der Waals surface area contributed by atoms with E-state index in [2.05, 4.69) is 31.1 Å². The monoisotopic (exact) mass is 497 g/mol. The Bertz CT molecular complexity index is 1260. The highest BCUT2D eigenvalue weighted by Gasteiger charge is 2.39. The summed E-state index contributed by atoms with van der Waals surface area (Å²) in [5.74, 6) is 0.940. The summed E-state index contributed by atoms with van der Waals surface area (Å²) in [6.45, 7) is 5.79. The van der Waals surface area contributed by atoms with E-state index in [4.69, 9.17) is 4.74 Å². The SMILES string of the molecule is CC(C)(O)[C@@H](NC(=O)Nc1cc2[nH]nc(NC(=O)N3C[C@H]4COC[C@H]4C3)c2cn1)c1ccc(F)cc1. The Labute approximate surface area is 206 Å². The molecule has 2 saturated heterocycles. The summed E-state index contributed by atoms with van der Waals surface area (Å²) in [5, 5.41) is 26.3. The molecule has 190 valence electrons. The van der Waals surface area contributed by atoms with Crippen LogP contribution in [0, 0.1) is 17.7 Å². The van der Waals surface area contributed by atoms with Crippen LogP contribution < -0.4 is 16.0 Å². The summed E-state index contributed by atoms with van der Waals surface area (Å²) in [6.07, 6.45) is 1.50. The fourth-order valence-electron chi connectivity index (χ4n) is 4.72. The Morgan fingerprint density at radius 1 is 1.19 bits per heavy atom. The summed E-state index contributed by atoms with van der Waals surface area (Å²) in [4.78, 5) is 31.4. The van der Waals surface area contributed by atoms with Gasteiger partial charge >= 0.3 is 12.1 Å². The Morgan fingerprint density at radius 3 is 2.56 bits per heavy atom. The molecule has 0 unspecified atom stereocenters. The van der Waals surface area contributed by atoms with Gasteiger partial charge in [0.1, 0.15) is 11.6 Å². The second-order valence-corrected chi connectivity index (χ2v) is 9.82. The van der Waals surface area contributed by atoms with Crippen LogP contribution in [0.5, 0.6) is 0 Å². The van der Waals surface area contributed by atoms with E-state index in [0.29, 0.717) is 60.4 Å². The second kappa shape index (κ2) is 9.36. The van der Waals surface area contributed by atoms with E-state index in [1.807, 2.05) is 0 Å². The number of halogens is 1. The molecule has 2 aliphatic heterocycles. The highest BCUT2D eigenvalue weighted by atomic mass is 19.1. The molecule has 11 nitrogen and oxygen atoms in total. The number of amides is 4. The van der Waals surface area contributed by atoms with Gasteiger partial charge in [-0.25, -0.2) is 19.0 Å². The number of likely N-dealkylation sites (tertiary alicyclic amines) is 1. The maximum Gasteiger partial charge on any atom is 0.323 e. The van der Waals surface area contributed by atoms with Crippen molar-refractivity contribution in [2.75, 3.05) is 36.9 Å². The van der Waals surface area contributed by atoms with Crippen LogP contribution in [0.3, 0.4) is 0 Å². The molecule has 4 amide bonds. The van der Waals surface area contributed by atoms with Gasteiger partial charge in [-0.1, -0.05) is 12.1 Å². The predicted octanol–water partition coefficient (Wildman–Crippen LogP) is 2.84. The Balaban J connectivity index is 1.24. The van der Waals surface area contributed by atoms with Gasteiger partial charge in [0.05, 0.1) is 35.8 Å². The van der Waals surface area contributed by atoms with Gasteiger partial charge < -0.3 is 20.1 Å². The third-order valence-electron chi connectivity index (χ3n) is 6.63. The van der Waals surface area contributed by atoms with Crippen LogP contribution in [0.15, 0.2) is 36.5 Å². The van der Waals surface area contributed by atoms with Crippen molar-refractivity contribution in [1.29, 1.82) is 0 Å². The van der Waals surface area contributed by atoms with Gasteiger partial charge in [0.2, 0.25) is 0 Å². The number of aromatic nitrogens is 3. The number of nitrogens with one attached hydrogen (secondary N) is 4. The van der Waals surface area contributed by atoms with Crippen molar-refractivity contribution in [3.63, 3.8) is 0 Å². The van der Waals surface area contributed by atoms with E-state index in [0.717, 1.165) is 0 Å². The maximum atomic E-state index is 13.3. The molecule has 2 aromatic heterocycles. The van der Waals surface area contributed by atoms with Gasteiger partial charge in [0.15, 0.2) is 5.82 Å². The van der Waals surface area contributed by atoms with Gasteiger partial charge in [0.25, 0.3) is 0 Å². The molecule has 0 aliphatic carbocycles. The maximum absolute atomic E-state index is 13.3. The lowest BCUT2D eigenvalue weighted by atomic mass is 9.92. The lowest BCUT2D eigenvalue weighted by Gasteiger charge is -2.30. The molecule has 3 aromatic rings. The van der Waals surface area contributed by atoms with Crippen molar-refractivity contribution in [2.24, 2.45) is 11.8 Å². The molecule has 36 heavy (non-hydrogen) atoms. The number of nitrogens with zero attached hydrogens (tertiary/aromatic N) is 3. The minimum absolute atomic E-state index is 0.224. The van der Waals surface area contributed by atoms with Crippen molar-refractivity contribution in [3.05, 3.63) is 47.9 Å². The van der Waals surface area contributed by atoms with Crippen LogP contribution in [0.25, 0.3) is 10.9 Å². The number of rotatable bonds is 5. The standard InChI is InChI=1S/C24H28FN7O4/c1-24(2,35)20(13-3-5-16(25)6-4-13)28-22(33)27-19-7-18-17(8-26-19)21(31-30-18)29-23(34)32-9-14-11-36-12-15(14)10-32/h3-8,14-15,20,35H,9-12H2,1-2H3,(H2,26,27,28,33)(H2,29,30,31,34)/t14-,15+,20-/m0/s1. The van der Waals surface area contributed by atoms with Crippen LogP contribution in [0.4, 0.5) is 25.6 Å². The zero-order valence-corrected chi connectivity index (χ0v) is 19.9. The van der Waals surface area contributed by atoms with Crippen LogP contribution in [-0.2, 0) is 4.74 Å². The van der Waals surface area contributed by atoms with Gasteiger partial charge in [-0.2, -0.15) is 5.10 Å². The van der Waals surface area contributed by atoms with Crippen LogP contribution in [-0.4, -0.2) is 69.2 Å². The Kier molecular flexibility index (Phi) is 6.22. The van der Waals surface area contributed by atoms with Crippen molar-refractivity contribution in [2.45, 2.75) is 25.5 Å². The zero-order valence-electron chi connectivity index (χ0n) is 19.9. The van der Waals surface area contributed by atoms with E-state index < -0.39 is 23.5 Å². The summed E-state index contributed by atoms with van der Waals surface area (Å²) in [7, 11) is 0. The number of carbonyl (C=O) groups is 2. The third-order valence-corrected chi connectivity index (χ3v) is 6.63. The molecule has 2 aliphatic rings. The zero-order chi connectivity index (χ0) is 25.4. The molecule has 3 atom stereocenters. The average molecular weight is 498 g/mol. The lowest BCUT2D eigenvalue weighted by Crippen LogP contribution is -2.44. The van der Waals surface area contributed by atoms with Gasteiger partial charge in [-0.15, -0.1) is 0 Å². The van der Waals surface area contributed by atoms with E-state index in [1.165, 1.54) is 30.5 Å². The lowest BCUT2D eigenvalue weighted by molar-refractivity contribution is 0.0415. The van der Waals surface area contributed by atoms with Crippen molar-refractivity contribution in [3.8, 4) is 0 Å². The smallest absolute Gasteiger partial charge is 0.323 e. The minimum Gasteiger partial charge on any atom is -0.388 e. The fourth-order valence-corrected chi connectivity index (χ4v) is 4.72. The van der Waals surface area contributed by atoms with Gasteiger partial charge in [-0.3, -0.25) is 15.7 Å². The number of benzene rings is 1. The first-order valence-electron chi connectivity index (χ1n) is 11.7. The van der Waals surface area contributed by atoms with Crippen LogP contribution in [0.2, 0.25) is 0 Å². The molecule has 2 fully saturated rings. The molecular weight excluding hydrogens is 469 g/mol. The number of carbonyl (C=O) groups excluding carboxylic acids is 2. The Hall–Kier alpha value is -3.77. The number of aromatic amines is 1. The number of urea groups is 2. The fraction of sp³-hybridized carbons (Fsp3) is 0.417. The normalized spacial score (nSPS) is 20.3. The topological polar surface area (TPSA) is 144 Å². The quantitative estimate of drug-likeness (QED) is 0.367. The first-order valence-corrected chi connectivity index (χ1v) is 11.7. The highest BCUT2D eigenvalue weighted by molar-refractivity contribution is 6.00. The van der Waals surface area contributed by atoms with Gasteiger partial charge in [-0.05, 0) is 31.5 Å². The van der Waals surface area contributed by atoms with Crippen LogP contribution in [0.1, 0.15) is 25.5 Å². The second-order valence-electron chi connectivity index (χ2n) is 9.82. The number of fused-ring (bicyclic) bond motifs is 2. The number of H-pyrrole nitrogens is 1. The van der Waals surface area contributed by atoms with Crippen molar-refractivity contribution < 1.29 is 23.8 Å². The van der Waals surface area contributed by atoms with Gasteiger partial charge in [0, 0.05) is 37.2 Å². The van der Waals surface area contributed by atoms with E-state index in [-0.39, 0.29) is 11.8 Å². The summed E-state index contributed by atoms with van der Waals surface area (Å²) < 4.78 is 18.8. The first-order chi connectivity index (χ1) is 17.2. The number of anilines is 2. The molecule has 0 saturated carbocycles. The summed E-state index contributed by atoms with van der Waals surface area (Å²) in [5.41, 5.74) is -0.199. The molecule has 5 rings (SSSR count). The van der Waals surface area contributed by atoms with Crippen LogP contribution >= 0.6 is 0 Å². The van der Waals surface area contributed by atoms with Crippen molar-refractivity contribution in [1.82, 2.24) is 25.4 Å².